The minimum Gasteiger partial charge on any atom is -0.505 e. The molecule has 0 fully saturated rings. The Morgan fingerprint density at radius 2 is 0.905 bits per heavy atom. The molecule has 0 saturated heterocycles. The van der Waals surface area contributed by atoms with E-state index < -0.39 is 63.7 Å². The van der Waals surface area contributed by atoms with Gasteiger partial charge in [0.05, 0.1) is 5.39 Å². The van der Waals surface area contributed by atoms with Crippen molar-refractivity contribution in [2.75, 3.05) is 0 Å². The number of aryl methyl sites for hydroxylation is 1. The van der Waals surface area contributed by atoms with Crippen molar-refractivity contribution in [1.82, 2.24) is 0 Å². The summed E-state index contributed by atoms with van der Waals surface area (Å²) in [5.74, 6) is -1.99. The maximum Gasteiger partial charge on any atom is 0.296 e. The molecule has 220 valence electrons. The second kappa shape index (κ2) is 12.3. The van der Waals surface area contributed by atoms with Crippen LogP contribution in [-0.2, 0) is 20.2 Å². The number of nitrogens with zero attached hydrogens (tertiary/aromatic N) is 4. The van der Waals surface area contributed by atoms with Crippen LogP contribution in [0.15, 0.2) is 89.0 Å². The van der Waals surface area contributed by atoms with Gasteiger partial charge in [-0.05, 0) is 118 Å². The summed E-state index contributed by atoms with van der Waals surface area (Å²) >= 11 is 16.5. The Balaban J connectivity index is 2.06. The maximum atomic E-state index is 12.3. The van der Waals surface area contributed by atoms with Crippen molar-refractivity contribution >= 4 is 133 Å². The Kier molecular flexibility index (Phi) is 9.66. The number of rotatable bonds is 6. The van der Waals surface area contributed by atoms with Gasteiger partial charge in [-0.15, -0.1) is 20.5 Å². The lowest BCUT2D eigenvalue weighted by Crippen LogP contribution is -2.01. The van der Waals surface area contributed by atoms with E-state index in [9.17, 15) is 36.2 Å². The molecule has 12 nitrogen and oxygen atoms in total. The van der Waals surface area contributed by atoms with Gasteiger partial charge in [0.2, 0.25) is 0 Å². The standard InChI is InChI=1S/C23H13Br5N4O8S2/c1-8-2-11(25)18(12(26)3-8)29-31-20-15(41(35,36)37)4-9-5-16(42(38,39)40)21(23(34)17(9)22(20)33)32-30-19-13(27)6-10(24)7-14(19)28/h2-7,33-34H,1H3,(H,35,36,37)(H,38,39,40). The molecule has 4 aromatic rings. The van der Waals surface area contributed by atoms with Crippen molar-refractivity contribution in [2.24, 2.45) is 20.5 Å². The third-order valence-corrected chi connectivity index (χ3v) is 10.1. The summed E-state index contributed by atoms with van der Waals surface area (Å²) in [7, 11) is -10.2. The Morgan fingerprint density at radius 3 is 1.26 bits per heavy atom. The highest BCUT2D eigenvalue weighted by Gasteiger charge is 2.29. The maximum absolute atomic E-state index is 12.3. The van der Waals surface area contributed by atoms with Gasteiger partial charge in [-0.1, -0.05) is 15.9 Å². The van der Waals surface area contributed by atoms with Crippen molar-refractivity contribution in [1.29, 1.82) is 0 Å². The van der Waals surface area contributed by atoms with E-state index in [0.29, 0.717) is 22.4 Å². The number of phenolic OH excluding ortho intramolecular Hbond substituents is 2. The zero-order valence-corrected chi connectivity index (χ0v) is 29.9. The van der Waals surface area contributed by atoms with Crippen LogP contribution in [0.1, 0.15) is 5.56 Å². The van der Waals surface area contributed by atoms with Crippen LogP contribution in [0, 0.1) is 6.92 Å². The Bertz CT molecular complexity index is 1900. The van der Waals surface area contributed by atoms with Crippen LogP contribution in [0.4, 0.5) is 22.7 Å². The van der Waals surface area contributed by atoms with Gasteiger partial charge in [0.1, 0.15) is 32.5 Å². The summed E-state index contributed by atoms with van der Waals surface area (Å²) in [5, 5.41) is 37.0. The van der Waals surface area contributed by atoms with Crippen LogP contribution in [0.2, 0.25) is 0 Å². The van der Waals surface area contributed by atoms with Crippen molar-refractivity contribution in [3.05, 3.63) is 64.3 Å². The number of azo groups is 2. The van der Waals surface area contributed by atoms with Gasteiger partial charge in [-0.3, -0.25) is 9.11 Å². The van der Waals surface area contributed by atoms with E-state index in [0.717, 1.165) is 17.7 Å². The summed E-state index contributed by atoms with van der Waals surface area (Å²) < 4.78 is 71.3. The van der Waals surface area contributed by atoms with Gasteiger partial charge in [0.25, 0.3) is 20.2 Å². The minimum atomic E-state index is -5.10. The highest BCUT2D eigenvalue weighted by atomic mass is 79.9. The lowest BCUT2D eigenvalue weighted by molar-refractivity contribution is 0.458. The summed E-state index contributed by atoms with van der Waals surface area (Å²) in [6.45, 7) is 1.81. The molecule has 4 aromatic carbocycles. The summed E-state index contributed by atoms with van der Waals surface area (Å²) in [6.07, 6.45) is 0. The zero-order valence-electron chi connectivity index (χ0n) is 20.4. The quantitative estimate of drug-likeness (QED) is 0.108. The van der Waals surface area contributed by atoms with E-state index in [4.69, 9.17) is 0 Å². The second-order valence-corrected chi connectivity index (χ2v) is 15.5. The highest BCUT2D eigenvalue weighted by Crippen LogP contribution is 2.51. The number of phenols is 2. The lowest BCUT2D eigenvalue weighted by Gasteiger charge is -2.13. The topological polar surface area (TPSA) is 199 Å². The predicted octanol–water partition coefficient (Wildman–Crippen LogP) is 9.70. The molecule has 0 bridgehead atoms. The molecule has 19 heteroatoms. The number of hydrogen-bond donors (Lipinski definition) is 4. The van der Waals surface area contributed by atoms with Crippen LogP contribution in [0.5, 0.6) is 11.5 Å². The first-order valence-electron chi connectivity index (χ1n) is 10.8. The van der Waals surface area contributed by atoms with Crippen LogP contribution in [-0.4, -0.2) is 36.2 Å². The van der Waals surface area contributed by atoms with E-state index in [1.807, 2.05) is 6.92 Å². The normalized spacial score (nSPS) is 12.7. The fraction of sp³-hybridized carbons (Fsp3) is 0.0435. The number of fused-ring (bicyclic) bond motifs is 1. The first kappa shape index (κ1) is 33.1. The molecule has 0 aliphatic rings. The lowest BCUT2D eigenvalue weighted by atomic mass is 10.1. The van der Waals surface area contributed by atoms with Gasteiger partial charge in [0, 0.05) is 22.4 Å². The van der Waals surface area contributed by atoms with E-state index >= 15 is 0 Å². The monoisotopic (exact) mass is 932 g/mol. The first-order valence-corrected chi connectivity index (χ1v) is 17.7. The minimum absolute atomic E-state index is 0.175. The molecule has 42 heavy (non-hydrogen) atoms. The summed E-state index contributed by atoms with van der Waals surface area (Å²) in [6, 6.07) is 8.12. The van der Waals surface area contributed by atoms with Gasteiger partial charge in [-0.2, -0.15) is 16.8 Å². The van der Waals surface area contributed by atoms with Crippen LogP contribution in [0.25, 0.3) is 10.8 Å². The number of halogens is 5. The molecular weight excluding hydrogens is 924 g/mol. The molecular formula is C23H13Br5N4O8S2. The Hall–Kier alpha value is -1.84. The average Bonchev–Trinajstić information content (AvgIpc) is 2.83. The van der Waals surface area contributed by atoms with Gasteiger partial charge < -0.3 is 10.2 Å². The van der Waals surface area contributed by atoms with Gasteiger partial charge in [-0.25, -0.2) is 0 Å². The first-order chi connectivity index (χ1) is 19.4. The fourth-order valence-corrected chi connectivity index (χ4v) is 8.97. The molecule has 0 amide bonds. The molecule has 0 aromatic heterocycles. The van der Waals surface area contributed by atoms with Crippen LogP contribution in [0.3, 0.4) is 0 Å². The van der Waals surface area contributed by atoms with E-state index in [1.54, 1.807) is 24.3 Å². The second-order valence-electron chi connectivity index (χ2n) is 8.39. The Labute approximate surface area is 280 Å². The summed E-state index contributed by atoms with van der Waals surface area (Å²) in [4.78, 5) is -1.93. The zero-order chi connectivity index (χ0) is 31.3. The molecule has 0 aliphatic carbocycles. The van der Waals surface area contributed by atoms with Crippen LogP contribution < -0.4 is 0 Å². The van der Waals surface area contributed by atoms with Gasteiger partial charge >= 0.3 is 0 Å². The predicted molar refractivity (Wildman–Crippen MR) is 171 cm³/mol. The highest BCUT2D eigenvalue weighted by molar-refractivity contribution is 9.12. The van der Waals surface area contributed by atoms with Crippen molar-refractivity contribution < 1.29 is 36.2 Å². The third-order valence-electron chi connectivity index (χ3n) is 5.45. The molecule has 4 rings (SSSR count). The molecule has 4 N–H and O–H groups in total. The molecule has 0 unspecified atom stereocenters. The Morgan fingerprint density at radius 1 is 0.571 bits per heavy atom. The number of hydrogen-bond acceptors (Lipinski definition) is 10. The van der Waals surface area contributed by atoms with Crippen LogP contribution >= 0.6 is 79.6 Å². The van der Waals surface area contributed by atoms with Crippen molar-refractivity contribution in [3.8, 4) is 11.5 Å². The number of aromatic hydroxyl groups is 2. The largest absolute Gasteiger partial charge is 0.505 e. The molecule has 0 radical (unpaired) electrons. The number of benzene rings is 4. The third kappa shape index (κ3) is 6.78. The molecule has 0 heterocycles. The van der Waals surface area contributed by atoms with Crippen molar-refractivity contribution in [3.63, 3.8) is 0 Å². The van der Waals surface area contributed by atoms with E-state index in [-0.39, 0.29) is 11.4 Å². The van der Waals surface area contributed by atoms with Gasteiger partial charge in [0.15, 0.2) is 11.5 Å². The summed E-state index contributed by atoms with van der Waals surface area (Å²) in [5.41, 5.74) is -0.335. The smallest absolute Gasteiger partial charge is 0.296 e. The van der Waals surface area contributed by atoms with E-state index in [2.05, 4.69) is 100 Å². The molecule has 0 spiro atoms. The average molecular weight is 937 g/mol. The molecule has 0 saturated carbocycles. The molecule has 0 aliphatic heterocycles. The fourth-order valence-electron chi connectivity index (χ4n) is 3.67. The van der Waals surface area contributed by atoms with E-state index in [1.165, 1.54) is 0 Å². The van der Waals surface area contributed by atoms with Crippen molar-refractivity contribution in [2.45, 2.75) is 16.7 Å². The SMILES string of the molecule is Cc1cc(Br)c(N=Nc2c(S(=O)(=O)O)cc3cc(S(=O)(=O)O)c(N=Nc4c(Br)cc(Br)cc4Br)c(O)c3c2O)c(Br)c1. The molecule has 0 atom stereocenters.